The summed E-state index contributed by atoms with van der Waals surface area (Å²) < 4.78 is 27.5. The number of benzene rings is 1. The average molecular weight is 302 g/mol. The Hall–Kier alpha value is -1.15. The van der Waals surface area contributed by atoms with Crippen LogP contribution < -0.4 is 10.5 Å². The van der Waals surface area contributed by atoms with Crippen molar-refractivity contribution in [3.63, 3.8) is 0 Å². The minimum atomic E-state index is -3.89. The molecule has 20 heavy (non-hydrogen) atoms. The van der Waals surface area contributed by atoms with E-state index in [0.717, 1.165) is 0 Å². The van der Waals surface area contributed by atoms with Crippen LogP contribution in [0.2, 0.25) is 0 Å². The number of sulfonamides is 1. The van der Waals surface area contributed by atoms with Crippen LogP contribution in [0.4, 0.5) is 5.69 Å². The quantitative estimate of drug-likeness (QED) is 0.564. The lowest BCUT2D eigenvalue weighted by Crippen LogP contribution is -2.53. The van der Waals surface area contributed by atoms with E-state index in [2.05, 4.69) is 4.72 Å². The Morgan fingerprint density at radius 3 is 2.25 bits per heavy atom. The number of aryl methyl sites for hydroxylation is 1. The Morgan fingerprint density at radius 1 is 1.25 bits per heavy atom. The van der Waals surface area contributed by atoms with Gasteiger partial charge in [-0.05, 0) is 37.5 Å². The third-order valence-electron chi connectivity index (χ3n) is 3.55. The van der Waals surface area contributed by atoms with Crippen LogP contribution in [0.5, 0.6) is 0 Å². The maximum atomic E-state index is 12.5. The van der Waals surface area contributed by atoms with Crippen molar-refractivity contribution in [2.75, 3.05) is 18.9 Å². The van der Waals surface area contributed by atoms with Crippen molar-refractivity contribution < 1.29 is 18.6 Å². The van der Waals surface area contributed by atoms with Gasteiger partial charge in [0.25, 0.3) is 0 Å². The highest BCUT2D eigenvalue weighted by atomic mass is 32.2. The van der Waals surface area contributed by atoms with Gasteiger partial charge in [0, 0.05) is 5.69 Å². The third-order valence-corrected chi connectivity index (χ3v) is 5.41. The standard InChI is InChI=1S/C13H22N2O4S/c1-4-13(7-16,8-17)15-20(18,19)12-9(2)5-6-11(14)10(12)3/h5-6,15-17H,4,7-8,14H2,1-3H3. The number of anilines is 1. The number of hydrogen-bond donors (Lipinski definition) is 4. The molecule has 0 amide bonds. The third kappa shape index (κ3) is 3.12. The van der Waals surface area contributed by atoms with Crippen molar-refractivity contribution in [3.8, 4) is 0 Å². The van der Waals surface area contributed by atoms with Gasteiger partial charge >= 0.3 is 0 Å². The van der Waals surface area contributed by atoms with E-state index in [9.17, 15) is 18.6 Å². The Balaban J connectivity index is 3.35. The predicted octanol–water partition coefficient (Wildman–Crippen LogP) is 0.297. The van der Waals surface area contributed by atoms with E-state index < -0.39 is 28.8 Å². The molecule has 1 aromatic carbocycles. The number of aliphatic hydroxyl groups excluding tert-OH is 2. The largest absolute Gasteiger partial charge is 0.398 e. The molecule has 0 saturated heterocycles. The van der Waals surface area contributed by atoms with Gasteiger partial charge in [0.2, 0.25) is 10.0 Å². The van der Waals surface area contributed by atoms with Crippen LogP contribution in [0, 0.1) is 13.8 Å². The molecule has 1 rings (SSSR count). The zero-order chi connectivity index (χ0) is 15.6. The number of nitrogens with one attached hydrogen (secondary N) is 1. The first-order valence-electron chi connectivity index (χ1n) is 6.34. The molecule has 1 aromatic rings. The fourth-order valence-electron chi connectivity index (χ4n) is 2.00. The summed E-state index contributed by atoms with van der Waals surface area (Å²) in [7, 11) is -3.89. The Morgan fingerprint density at radius 2 is 1.80 bits per heavy atom. The maximum absolute atomic E-state index is 12.5. The second-order valence-corrected chi connectivity index (χ2v) is 6.60. The Kier molecular flexibility index (Phi) is 5.15. The number of nitrogen functional groups attached to an aromatic ring is 1. The van der Waals surface area contributed by atoms with Crippen molar-refractivity contribution >= 4 is 15.7 Å². The Labute approximate surface area is 119 Å². The molecule has 0 unspecified atom stereocenters. The average Bonchev–Trinajstić information content (AvgIpc) is 2.40. The second kappa shape index (κ2) is 6.09. The highest BCUT2D eigenvalue weighted by Gasteiger charge is 2.34. The molecule has 7 heteroatoms. The molecule has 0 aliphatic carbocycles. The number of hydrogen-bond acceptors (Lipinski definition) is 5. The first kappa shape index (κ1) is 16.9. The van der Waals surface area contributed by atoms with Gasteiger partial charge in [0.15, 0.2) is 0 Å². The lowest BCUT2D eigenvalue weighted by Gasteiger charge is -2.30. The highest BCUT2D eigenvalue weighted by molar-refractivity contribution is 7.89. The molecule has 0 bridgehead atoms. The van der Waals surface area contributed by atoms with Crippen LogP contribution in [0.3, 0.4) is 0 Å². The highest BCUT2D eigenvalue weighted by Crippen LogP contribution is 2.26. The van der Waals surface area contributed by atoms with Gasteiger partial charge in [-0.15, -0.1) is 0 Å². The predicted molar refractivity (Wildman–Crippen MR) is 77.8 cm³/mol. The van der Waals surface area contributed by atoms with Gasteiger partial charge in [-0.3, -0.25) is 0 Å². The molecule has 0 radical (unpaired) electrons. The van der Waals surface area contributed by atoms with E-state index >= 15 is 0 Å². The van der Waals surface area contributed by atoms with Crippen molar-refractivity contribution in [3.05, 3.63) is 23.3 Å². The lowest BCUT2D eigenvalue weighted by molar-refractivity contribution is 0.105. The first-order chi connectivity index (χ1) is 9.23. The minimum absolute atomic E-state index is 0.0947. The molecule has 114 valence electrons. The molecule has 0 aliphatic rings. The van der Waals surface area contributed by atoms with Gasteiger partial charge < -0.3 is 15.9 Å². The lowest BCUT2D eigenvalue weighted by atomic mass is 10.0. The number of rotatable bonds is 6. The zero-order valence-electron chi connectivity index (χ0n) is 12.0. The summed E-state index contributed by atoms with van der Waals surface area (Å²) in [5, 5.41) is 18.7. The molecule has 0 fully saturated rings. The summed E-state index contributed by atoms with van der Waals surface area (Å²) in [6.45, 7) is 4.02. The summed E-state index contributed by atoms with van der Waals surface area (Å²) in [4.78, 5) is 0.0947. The van der Waals surface area contributed by atoms with E-state index in [4.69, 9.17) is 5.73 Å². The topological polar surface area (TPSA) is 113 Å². The van der Waals surface area contributed by atoms with Crippen molar-refractivity contribution in [2.24, 2.45) is 0 Å². The maximum Gasteiger partial charge on any atom is 0.241 e. The van der Waals surface area contributed by atoms with Crippen LogP contribution in [0.1, 0.15) is 24.5 Å². The molecule has 0 saturated carbocycles. The Bertz CT molecular complexity index is 572. The minimum Gasteiger partial charge on any atom is -0.398 e. The summed E-state index contributed by atoms with van der Waals surface area (Å²) in [6, 6.07) is 3.28. The summed E-state index contributed by atoms with van der Waals surface area (Å²) in [5.74, 6) is 0. The van der Waals surface area contributed by atoms with E-state index in [-0.39, 0.29) is 11.3 Å². The molecule has 0 aromatic heterocycles. The molecule has 0 aliphatic heterocycles. The van der Waals surface area contributed by atoms with E-state index in [1.165, 1.54) is 0 Å². The second-order valence-electron chi connectivity index (χ2n) is 4.98. The first-order valence-corrected chi connectivity index (χ1v) is 7.82. The monoisotopic (exact) mass is 302 g/mol. The fourth-order valence-corrected chi connectivity index (χ4v) is 3.96. The number of aliphatic hydroxyl groups is 2. The fraction of sp³-hybridized carbons (Fsp3) is 0.538. The van der Waals surface area contributed by atoms with Crippen molar-refractivity contribution in [2.45, 2.75) is 37.6 Å². The van der Waals surface area contributed by atoms with Crippen molar-refractivity contribution in [1.29, 1.82) is 0 Å². The van der Waals surface area contributed by atoms with Crippen LogP contribution in [-0.2, 0) is 10.0 Å². The van der Waals surface area contributed by atoms with Crippen molar-refractivity contribution in [1.82, 2.24) is 4.72 Å². The molecule has 6 nitrogen and oxygen atoms in total. The van der Waals surface area contributed by atoms with E-state index in [1.54, 1.807) is 32.9 Å². The normalized spacial score (nSPS) is 12.7. The smallest absolute Gasteiger partial charge is 0.241 e. The molecule has 0 heterocycles. The van der Waals surface area contributed by atoms with Gasteiger partial charge in [-0.25, -0.2) is 13.1 Å². The molecular formula is C13H22N2O4S. The van der Waals surface area contributed by atoms with Crippen LogP contribution >= 0.6 is 0 Å². The molecule has 0 spiro atoms. The van der Waals surface area contributed by atoms with Crippen LogP contribution in [-0.4, -0.2) is 37.4 Å². The van der Waals surface area contributed by atoms with Crippen LogP contribution in [0.25, 0.3) is 0 Å². The summed E-state index contributed by atoms with van der Waals surface area (Å²) in [5.41, 5.74) is 5.88. The number of nitrogens with two attached hydrogens (primary N) is 1. The van der Waals surface area contributed by atoms with Crippen LogP contribution in [0.15, 0.2) is 17.0 Å². The molecule has 0 atom stereocenters. The van der Waals surface area contributed by atoms with Gasteiger partial charge in [0.05, 0.1) is 23.6 Å². The summed E-state index contributed by atoms with van der Waals surface area (Å²) >= 11 is 0. The SMILES string of the molecule is CCC(CO)(CO)NS(=O)(=O)c1c(C)ccc(N)c1C. The van der Waals surface area contributed by atoms with E-state index in [0.29, 0.717) is 16.8 Å². The van der Waals surface area contributed by atoms with Gasteiger partial charge in [-0.2, -0.15) is 0 Å². The molecular weight excluding hydrogens is 280 g/mol. The van der Waals surface area contributed by atoms with E-state index in [1.807, 2.05) is 0 Å². The molecule has 5 N–H and O–H groups in total. The van der Waals surface area contributed by atoms with Gasteiger partial charge in [-0.1, -0.05) is 13.0 Å². The zero-order valence-corrected chi connectivity index (χ0v) is 12.8. The van der Waals surface area contributed by atoms with Gasteiger partial charge in [0.1, 0.15) is 0 Å². The summed E-state index contributed by atoms with van der Waals surface area (Å²) in [6.07, 6.45) is 0.264.